The average molecular weight is 703 g/mol. The van der Waals surface area contributed by atoms with Gasteiger partial charge in [-0.3, -0.25) is 14.8 Å². The van der Waals surface area contributed by atoms with Crippen molar-refractivity contribution in [3.05, 3.63) is 117 Å². The number of amidine groups is 1. The smallest absolute Gasteiger partial charge is 0.338 e. The number of piperazine rings is 1. The van der Waals surface area contributed by atoms with Crippen LogP contribution in [0.15, 0.2) is 94.6 Å². The van der Waals surface area contributed by atoms with Gasteiger partial charge in [-0.05, 0) is 54.1 Å². The maximum Gasteiger partial charge on any atom is 0.338 e. The number of amides is 2. The largest absolute Gasteiger partial charge is 0.466 e. The molecule has 0 saturated carbocycles. The van der Waals surface area contributed by atoms with Crippen molar-refractivity contribution in [2.75, 3.05) is 44.7 Å². The van der Waals surface area contributed by atoms with E-state index in [-0.39, 0.29) is 29.3 Å². The number of benzene rings is 3. The maximum absolute atomic E-state index is 14.0. The van der Waals surface area contributed by atoms with Crippen LogP contribution in [0.3, 0.4) is 0 Å². The minimum Gasteiger partial charge on any atom is -0.466 e. The Morgan fingerprint density at radius 2 is 1.84 bits per heavy atom. The minimum atomic E-state index is -0.854. The Morgan fingerprint density at radius 3 is 2.51 bits per heavy atom. The number of aliphatic hydroxyl groups is 1. The summed E-state index contributed by atoms with van der Waals surface area (Å²) in [5.74, 6) is 0.674. The van der Waals surface area contributed by atoms with E-state index < -0.39 is 17.8 Å². The van der Waals surface area contributed by atoms with Gasteiger partial charge in [-0.2, -0.15) is 0 Å². The van der Waals surface area contributed by atoms with Crippen LogP contribution in [0.2, 0.25) is 5.02 Å². The number of aliphatic hydroxyl groups excluding tert-OH is 1. The van der Waals surface area contributed by atoms with Gasteiger partial charge in [0.05, 0.1) is 25.3 Å². The van der Waals surface area contributed by atoms with Gasteiger partial charge >= 0.3 is 12.0 Å². The summed E-state index contributed by atoms with van der Waals surface area (Å²) in [7, 11) is 1.31. The van der Waals surface area contributed by atoms with Gasteiger partial charge in [-0.25, -0.2) is 19.0 Å². The Balaban J connectivity index is 1.09. The van der Waals surface area contributed by atoms with Crippen molar-refractivity contribution in [1.29, 1.82) is 0 Å². The third-order valence-corrected chi connectivity index (χ3v) is 9.84. The quantitative estimate of drug-likeness (QED) is 0.224. The molecule has 252 valence electrons. The average Bonchev–Trinajstić information content (AvgIpc) is 3.77. The molecule has 3 aliphatic rings. The number of halogens is 2. The highest BCUT2D eigenvalue weighted by Crippen LogP contribution is 2.37. The van der Waals surface area contributed by atoms with Gasteiger partial charge in [-0.1, -0.05) is 29.8 Å². The molecule has 2 atom stereocenters. The number of hydrogen-bond donors (Lipinski definition) is 2. The van der Waals surface area contributed by atoms with Crippen molar-refractivity contribution in [3.63, 3.8) is 0 Å². The van der Waals surface area contributed by atoms with Gasteiger partial charge in [0.1, 0.15) is 23.4 Å². The van der Waals surface area contributed by atoms with Crippen LogP contribution in [-0.2, 0) is 16.1 Å². The number of methoxy groups -OCH3 is 1. The molecule has 3 aromatic carbocycles. The topological polar surface area (TPSA) is 120 Å². The van der Waals surface area contributed by atoms with Crippen LogP contribution in [-0.4, -0.2) is 83.6 Å². The number of ether oxygens (including phenoxy) is 2. The molecule has 49 heavy (non-hydrogen) atoms. The molecule has 2 saturated heterocycles. The van der Waals surface area contributed by atoms with Crippen molar-refractivity contribution >= 4 is 46.5 Å². The zero-order valence-electron chi connectivity index (χ0n) is 26.4. The summed E-state index contributed by atoms with van der Waals surface area (Å²) in [5.41, 5.74) is 2.88. The van der Waals surface area contributed by atoms with Gasteiger partial charge in [0.2, 0.25) is 0 Å². The fourth-order valence-electron chi connectivity index (χ4n) is 6.32. The molecule has 1 unspecified atom stereocenters. The highest BCUT2D eigenvalue weighted by Gasteiger charge is 2.42. The summed E-state index contributed by atoms with van der Waals surface area (Å²) in [5, 5.41) is 15.2. The van der Waals surface area contributed by atoms with E-state index in [2.05, 4.69) is 15.2 Å². The molecule has 2 amide bonds. The Labute approximate surface area is 290 Å². The molecule has 1 aromatic heterocycles. The highest BCUT2D eigenvalue weighted by molar-refractivity contribution is 7.11. The molecule has 4 heterocycles. The Bertz CT molecular complexity index is 1920. The van der Waals surface area contributed by atoms with Gasteiger partial charge in [-0.15, -0.1) is 11.3 Å². The van der Waals surface area contributed by atoms with Crippen molar-refractivity contribution in [1.82, 2.24) is 20.1 Å². The normalized spacial score (nSPS) is 19.4. The van der Waals surface area contributed by atoms with Crippen molar-refractivity contribution in [2.24, 2.45) is 4.99 Å². The van der Waals surface area contributed by atoms with Crippen LogP contribution in [0.4, 0.5) is 14.9 Å². The second-order valence-electron chi connectivity index (χ2n) is 11.8. The maximum atomic E-state index is 14.0. The Morgan fingerprint density at radius 1 is 1.08 bits per heavy atom. The van der Waals surface area contributed by atoms with Crippen LogP contribution >= 0.6 is 22.9 Å². The number of hydrogen-bond acceptors (Lipinski definition) is 10. The van der Waals surface area contributed by atoms with E-state index in [4.69, 9.17) is 26.1 Å². The number of fused-ring (bicyclic) bond motifs is 1. The van der Waals surface area contributed by atoms with Crippen molar-refractivity contribution < 1.29 is 28.6 Å². The molecule has 2 fully saturated rings. The minimum absolute atomic E-state index is 0.0335. The molecule has 14 heteroatoms. The van der Waals surface area contributed by atoms with Gasteiger partial charge in [0, 0.05) is 66.3 Å². The first-order valence-corrected chi connectivity index (χ1v) is 16.9. The number of nitrogens with one attached hydrogen (secondary N) is 1. The standard InChI is InChI=1S/C35H32ClFN6O5S/c1-47-34(45)30-29(39-32(33-38-12-15-49-33)40-31(30)27-11-4-22(37)16-28(27)36)19-41-13-14-42-24(17-41)18-43(35(42)46)23-5-9-26(10-6-23)48-25-7-2-21(20-44)3-8-25/h2-12,15-16,24,31,44H,13-14,17-20H2,1H3,(H,39,40)/t24-,31?/m0/s1. The molecule has 0 radical (unpaired) electrons. The van der Waals surface area contributed by atoms with Crippen LogP contribution in [0.25, 0.3) is 0 Å². The van der Waals surface area contributed by atoms with Crippen molar-refractivity contribution in [3.8, 4) is 11.5 Å². The lowest BCUT2D eigenvalue weighted by molar-refractivity contribution is -0.136. The number of carbonyl (C=O) groups is 2. The molecule has 2 N–H and O–H groups in total. The van der Waals surface area contributed by atoms with Crippen molar-refractivity contribution in [2.45, 2.75) is 18.7 Å². The third kappa shape index (κ3) is 6.75. The number of aliphatic imine (C=N–C) groups is 1. The molecule has 11 nitrogen and oxygen atoms in total. The van der Waals surface area contributed by atoms with E-state index >= 15 is 0 Å². The Hall–Kier alpha value is -4.82. The van der Waals surface area contributed by atoms with E-state index in [1.54, 1.807) is 35.4 Å². The molecule has 0 bridgehead atoms. The number of nitrogens with zero attached hydrogens (tertiary/aromatic N) is 5. The number of rotatable bonds is 9. The van der Waals surface area contributed by atoms with E-state index in [9.17, 15) is 19.1 Å². The number of anilines is 1. The molecule has 0 spiro atoms. The van der Waals surface area contributed by atoms with E-state index in [1.807, 2.05) is 34.5 Å². The zero-order valence-corrected chi connectivity index (χ0v) is 28.0. The Kier molecular flexibility index (Phi) is 9.32. The summed E-state index contributed by atoms with van der Waals surface area (Å²) >= 11 is 7.89. The van der Waals surface area contributed by atoms with Gasteiger partial charge < -0.3 is 24.8 Å². The van der Waals surface area contributed by atoms with Crippen LogP contribution in [0.5, 0.6) is 11.5 Å². The second-order valence-corrected chi connectivity index (χ2v) is 13.1. The second kappa shape index (κ2) is 14.0. The summed E-state index contributed by atoms with van der Waals surface area (Å²) in [6.45, 7) is 2.45. The fourth-order valence-corrected chi connectivity index (χ4v) is 7.17. The summed E-state index contributed by atoms with van der Waals surface area (Å²) in [4.78, 5) is 41.9. The molecule has 0 aliphatic carbocycles. The van der Waals surface area contributed by atoms with Crippen LogP contribution in [0.1, 0.15) is 22.2 Å². The van der Waals surface area contributed by atoms with Gasteiger partial charge in [0.25, 0.3) is 0 Å². The van der Waals surface area contributed by atoms with Crippen LogP contribution in [0, 0.1) is 5.82 Å². The number of carbonyl (C=O) groups excluding carboxylic acids is 2. The lowest BCUT2D eigenvalue weighted by Crippen LogP contribution is -2.53. The molecular formula is C35H32ClFN6O5S. The first-order chi connectivity index (χ1) is 23.8. The molecule has 4 aromatic rings. The predicted molar refractivity (Wildman–Crippen MR) is 184 cm³/mol. The summed E-state index contributed by atoms with van der Waals surface area (Å²) in [6, 6.07) is 17.6. The predicted octanol–water partition coefficient (Wildman–Crippen LogP) is 5.36. The number of thiazole rings is 1. The van der Waals surface area contributed by atoms with E-state index in [0.717, 1.165) is 11.3 Å². The molecule has 3 aliphatic heterocycles. The lowest BCUT2D eigenvalue weighted by Gasteiger charge is -2.38. The monoisotopic (exact) mass is 702 g/mol. The number of aromatic nitrogens is 1. The fraction of sp³-hybridized carbons (Fsp3) is 0.257. The number of esters is 1. The first kappa shape index (κ1) is 32.7. The summed E-state index contributed by atoms with van der Waals surface area (Å²) in [6.07, 6.45) is 1.67. The van der Waals surface area contributed by atoms with E-state index in [0.29, 0.717) is 66.3 Å². The van der Waals surface area contributed by atoms with Crippen LogP contribution < -0.4 is 15.0 Å². The zero-order chi connectivity index (χ0) is 34.1. The lowest BCUT2D eigenvalue weighted by atomic mass is 9.95. The summed E-state index contributed by atoms with van der Waals surface area (Å²) < 4.78 is 25.2. The molecular weight excluding hydrogens is 671 g/mol. The SMILES string of the molecule is COC(=O)C1=C(CN2CCN3C(=O)N(c4ccc(Oc5ccc(CO)cc5)cc4)C[C@@H]3C2)NC(c2nccs2)=NC1c1ccc(F)cc1Cl. The van der Waals surface area contributed by atoms with E-state index in [1.165, 1.54) is 36.6 Å². The highest BCUT2D eigenvalue weighted by atomic mass is 35.5. The first-order valence-electron chi connectivity index (χ1n) is 15.6. The third-order valence-electron chi connectivity index (χ3n) is 8.73. The molecule has 7 rings (SSSR count). The number of urea groups is 1. The van der Waals surface area contributed by atoms with Gasteiger partial charge in [0.15, 0.2) is 10.8 Å².